The summed E-state index contributed by atoms with van der Waals surface area (Å²) in [5.41, 5.74) is 0. The Hall–Kier alpha value is -0.630. The molecular formula is C8H14ClN3O3S. The van der Waals surface area contributed by atoms with Gasteiger partial charge in [-0.25, -0.2) is 13.1 Å². The molecule has 8 heteroatoms. The molecule has 1 rings (SSSR count). The molecule has 0 aliphatic rings. The second kappa shape index (κ2) is 5.13. The molecule has 0 radical (unpaired) electrons. The molecule has 16 heavy (non-hydrogen) atoms. The molecule has 0 aromatic carbocycles. The fourth-order valence-electron chi connectivity index (χ4n) is 1.12. The van der Waals surface area contributed by atoms with Gasteiger partial charge in [0.2, 0.25) is 0 Å². The number of hydrogen-bond acceptors (Lipinski definition) is 4. The zero-order valence-corrected chi connectivity index (χ0v) is 10.6. The zero-order valence-electron chi connectivity index (χ0n) is 9.01. The van der Waals surface area contributed by atoms with Gasteiger partial charge >= 0.3 is 0 Å². The van der Waals surface area contributed by atoms with E-state index in [1.165, 1.54) is 17.9 Å². The second-order valence-electron chi connectivity index (χ2n) is 3.34. The van der Waals surface area contributed by atoms with E-state index in [1.807, 2.05) is 0 Å². The lowest BCUT2D eigenvalue weighted by Gasteiger charge is -2.10. The summed E-state index contributed by atoms with van der Waals surface area (Å²) in [6, 6.07) is 0. The van der Waals surface area contributed by atoms with Crippen LogP contribution >= 0.6 is 11.6 Å². The summed E-state index contributed by atoms with van der Waals surface area (Å²) < 4.78 is 27.0. The van der Waals surface area contributed by atoms with Crippen molar-refractivity contribution in [3.63, 3.8) is 0 Å². The van der Waals surface area contributed by atoms with Crippen molar-refractivity contribution in [2.45, 2.75) is 24.5 Å². The predicted octanol–water partition coefficient (Wildman–Crippen LogP) is 0.123. The number of aromatic nitrogens is 2. The van der Waals surface area contributed by atoms with E-state index >= 15 is 0 Å². The first kappa shape index (κ1) is 13.4. The highest BCUT2D eigenvalue weighted by molar-refractivity contribution is 7.89. The summed E-state index contributed by atoms with van der Waals surface area (Å²) in [6.07, 6.45) is 1.02. The Kier molecular flexibility index (Phi) is 4.31. The average molecular weight is 268 g/mol. The summed E-state index contributed by atoms with van der Waals surface area (Å²) >= 11 is 5.71. The van der Waals surface area contributed by atoms with Crippen LogP contribution in [0.5, 0.6) is 0 Å². The molecule has 1 heterocycles. The predicted molar refractivity (Wildman–Crippen MR) is 59.7 cm³/mol. The number of aryl methyl sites for hydroxylation is 1. The Morgan fingerprint density at radius 3 is 2.75 bits per heavy atom. The van der Waals surface area contributed by atoms with Gasteiger partial charge in [-0.05, 0) is 6.42 Å². The van der Waals surface area contributed by atoms with Crippen molar-refractivity contribution in [3.05, 3.63) is 11.2 Å². The van der Waals surface area contributed by atoms with E-state index in [4.69, 9.17) is 11.6 Å². The fraction of sp³-hybridized carbons (Fsp3) is 0.625. The number of nitrogens with zero attached hydrogens (tertiary/aromatic N) is 2. The molecule has 0 amide bonds. The van der Waals surface area contributed by atoms with Crippen LogP contribution in [0, 0.1) is 0 Å². The summed E-state index contributed by atoms with van der Waals surface area (Å²) in [6.45, 7) is 1.72. The Morgan fingerprint density at radius 1 is 1.69 bits per heavy atom. The van der Waals surface area contributed by atoms with Crippen molar-refractivity contribution in [3.8, 4) is 0 Å². The van der Waals surface area contributed by atoms with Gasteiger partial charge in [0.15, 0.2) is 5.03 Å². The Labute approximate surface area is 99.3 Å². The van der Waals surface area contributed by atoms with Gasteiger partial charge in [-0.2, -0.15) is 5.10 Å². The first-order chi connectivity index (χ1) is 7.38. The first-order valence-electron chi connectivity index (χ1n) is 4.73. The maximum absolute atomic E-state index is 11.8. The number of aliphatic hydroxyl groups excluding tert-OH is 1. The van der Waals surface area contributed by atoms with Crippen LogP contribution in [0.2, 0.25) is 5.02 Å². The molecule has 1 aromatic heterocycles. The lowest BCUT2D eigenvalue weighted by molar-refractivity contribution is 0.174. The van der Waals surface area contributed by atoms with E-state index in [2.05, 4.69) is 9.82 Å². The van der Waals surface area contributed by atoms with E-state index in [-0.39, 0.29) is 16.6 Å². The molecule has 0 saturated carbocycles. The van der Waals surface area contributed by atoms with E-state index in [0.29, 0.717) is 6.42 Å². The van der Waals surface area contributed by atoms with Crippen LogP contribution in [0.3, 0.4) is 0 Å². The lowest BCUT2D eigenvalue weighted by atomic mass is 10.3. The van der Waals surface area contributed by atoms with Gasteiger partial charge in [0, 0.05) is 13.6 Å². The van der Waals surface area contributed by atoms with Crippen LogP contribution in [-0.2, 0) is 17.1 Å². The van der Waals surface area contributed by atoms with Gasteiger partial charge in [-0.1, -0.05) is 18.5 Å². The number of aliphatic hydroxyl groups is 1. The number of nitrogens with one attached hydrogen (secondary N) is 1. The van der Waals surface area contributed by atoms with E-state index in [1.54, 1.807) is 6.92 Å². The van der Waals surface area contributed by atoms with Gasteiger partial charge < -0.3 is 5.11 Å². The molecule has 1 unspecified atom stereocenters. The molecule has 0 saturated heterocycles. The molecule has 0 aliphatic carbocycles. The minimum Gasteiger partial charge on any atom is -0.392 e. The zero-order chi connectivity index (χ0) is 12.3. The molecule has 1 atom stereocenters. The molecule has 92 valence electrons. The molecule has 1 aromatic rings. The smallest absolute Gasteiger partial charge is 0.259 e. The molecule has 6 nitrogen and oxygen atoms in total. The first-order valence-corrected chi connectivity index (χ1v) is 6.59. The monoisotopic (exact) mass is 267 g/mol. The molecule has 0 spiro atoms. The van der Waals surface area contributed by atoms with Crippen LogP contribution < -0.4 is 4.72 Å². The van der Waals surface area contributed by atoms with Crippen LogP contribution in [0.1, 0.15) is 13.3 Å². The summed E-state index contributed by atoms with van der Waals surface area (Å²) in [4.78, 5) is 0. The SMILES string of the molecule is CCC(O)CNS(=O)(=O)c1c(Cl)cnn1C. The van der Waals surface area contributed by atoms with Crippen LogP contribution in [0.15, 0.2) is 11.2 Å². The quantitative estimate of drug-likeness (QED) is 0.794. The Bertz CT molecular complexity index is 438. The van der Waals surface area contributed by atoms with E-state index in [0.717, 1.165) is 0 Å². The highest BCUT2D eigenvalue weighted by Gasteiger charge is 2.22. The van der Waals surface area contributed by atoms with Crippen molar-refractivity contribution in [1.29, 1.82) is 0 Å². The maximum atomic E-state index is 11.8. The topological polar surface area (TPSA) is 84.2 Å². The van der Waals surface area contributed by atoms with Gasteiger partial charge in [-0.15, -0.1) is 0 Å². The molecule has 0 bridgehead atoms. The summed E-state index contributed by atoms with van der Waals surface area (Å²) in [5, 5.41) is 13.0. The van der Waals surface area contributed by atoms with Gasteiger partial charge in [0.05, 0.1) is 17.3 Å². The third-order valence-electron chi connectivity index (χ3n) is 2.08. The third kappa shape index (κ3) is 2.94. The maximum Gasteiger partial charge on any atom is 0.259 e. The summed E-state index contributed by atoms with van der Waals surface area (Å²) in [5.74, 6) is 0. The second-order valence-corrected chi connectivity index (χ2v) is 5.42. The van der Waals surface area contributed by atoms with Crippen LogP contribution in [0.25, 0.3) is 0 Å². The number of rotatable bonds is 5. The average Bonchev–Trinajstić information content (AvgIpc) is 2.55. The molecule has 0 aliphatic heterocycles. The van der Waals surface area contributed by atoms with Crippen LogP contribution in [0.4, 0.5) is 0 Å². The molecule has 0 fully saturated rings. The normalized spacial score (nSPS) is 14.0. The Morgan fingerprint density at radius 2 is 2.31 bits per heavy atom. The standard InChI is InChI=1S/C8H14ClN3O3S/c1-3-6(13)4-11-16(14,15)8-7(9)5-10-12(8)2/h5-6,11,13H,3-4H2,1-2H3. The van der Waals surface area contributed by atoms with Gasteiger partial charge in [0.1, 0.15) is 0 Å². The highest BCUT2D eigenvalue weighted by atomic mass is 35.5. The van der Waals surface area contributed by atoms with Crippen LogP contribution in [-0.4, -0.2) is 36.0 Å². The fourth-order valence-corrected chi connectivity index (χ4v) is 2.84. The van der Waals surface area contributed by atoms with Crippen molar-refractivity contribution >= 4 is 21.6 Å². The van der Waals surface area contributed by atoms with E-state index in [9.17, 15) is 13.5 Å². The lowest BCUT2D eigenvalue weighted by Crippen LogP contribution is -2.33. The summed E-state index contributed by atoms with van der Waals surface area (Å²) in [7, 11) is -2.24. The van der Waals surface area contributed by atoms with Crippen molar-refractivity contribution < 1.29 is 13.5 Å². The number of sulfonamides is 1. The van der Waals surface area contributed by atoms with Crippen molar-refractivity contribution in [1.82, 2.24) is 14.5 Å². The molecule has 2 N–H and O–H groups in total. The van der Waals surface area contributed by atoms with E-state index < -0.39 is 16.1 Å². The number of hydrogen-bond donors (Lipinski definition) is 2. The molecular weight excluding hydrogens is 254 g/mol. The minimum absolute atomic E-state index is 0.0413. The van der Waals surface area contributed by atoms with Gasteiger partial charge in [-0.3, -0.25) is 4.68 Å². The van der Waals surface area contributed by atoms with Crippen molar-refractivity contribution in [2.75, 3.05) is 6.54 Å². The Balaban J connectivity index is 2.87. The van der Waals surface area contributed by atoms with Crippen molar-refractivity contribution in [2.24, 2.45) is 7.05 Å². The highest BCUT2D eigenvalue weighted by Crippen LogP contribution is 2.19. The number of halogens is 1. The minimum atomic E-state index is -3.72. The van der Waals surface area contributed by atoms with Gasteiger partial charge in [0.25, 0.3) is 10.0 Å². The third-order valence-corrected chi connectivity index (χ3v) is 4.01. The largest absolute Gasteiger partial charge is 0.392 e.